The largest absolute Gasteiger partial charge is 0.300 e. The molecule has 0 bridgehead atoms. The van der Waals surface area contributed by atoms with Gasteiger partial charge < -0.3 is 0 Å². The van der Waals surface area contributed by atoms with E-state index in [-0.39, 0.29) is 5.41 Å². The zero-order valence-corrected chi connectivity index (χ0v) is 15.6. The second-order valence-corrected chi connectivity index (χ2v) is 9.13. The van der Waals surface area contributed by atoms with Crippen LogP contribution in [0.4, 0.5) is 8.78 Å². The zero-order chi connectivity index (χ0) is 17.5. The van der Waals surface area contributed by atoms with Crippen molar-refractivity contribution in [2.24, 2.45) is 40.9 Å². The molecule has 0 aromatic carbocycles. The van der Waals surface area contributed by atoms with Crippen molar-refractivity contribution in [2.75, 3.05) is 7.18 Å². The van der Waals surface area contributed by atoms with Crippen LogP contribution in [-0.2, 0) is 4.79 Å². The number of hydrogen-bond donors (Lipinski definition) is 0. The van der Waals surface area contributed by atoms with Gasteiger partial charge in [-0.3, -0.25) is 9.18 Å². The van der Waals surface area contributed by atoms with Gasteiger partial charge in [0, 0.05) is 5.92 Å². The van der Waals surface area contributed by atoms with Gasteiger partial charge in [-0.05, 0) is 99.7 Å². The first-order valence-electron chi connectivity index (χ1n) is 10.0. The number of fused-ring (bicyclic) bond motifs is 5. The number of alkyl halides is 2. The van der Waals surface area contributed by atoms with Crippen LogP contribution in [-0.4, -0.2) is 19.1 Å². The van der Waals surface area contributed by atoms with Crippen LogP contribution in [0, 0.1) is 40.9 Å². The smallest absolute Gasteiger partial charge is 0.133 e. The minimum absolute atomic E-state index is 0.275. The van der Waals surface area contributed by atoms with Gasteiger partial charge in [0.1, 0.15) is 12.0 Å². The molecule has 0 aromatic rings. The van der Waals surface area contributed by atoms with Gasteiger partial charge in [0.2, 0.25) is 0 Å². The van der Waals surface area contributed by atoms with E-state index in [4.69, 9.17) is 0 Å². The number of hydrogen-bond acceptors (Lipinski definition) is 1. The van der Waals surface area contributed by atoms with Crippen molar-refractivity contribution >= 4 is 5.78 Å². The highest BCUT2D eigenvalue weighted by atomic mass is 19.1. The van der Waals surface area contributed by atoms with Crippen molar-refractivity contribution in [3.8, 4) is 0 Å². The number of ketones is 1. The Labute approximate surface area is 146 Å². The Hall–Kier alpha value is -0.470. The standard InChI is InChI=1S/C20H31FO.CH3F/c1-12(22)18-7-8-19-17-5-3-13-11-14(21)4-6-15(13)16(17)9-10-20(18,19)2;1-2/h13-19H,3-11H2,1-2H3;1H3/t13?,14-,15?,16?,17?,18?,19?,20?;/m0./s1. The van der Waals surface area contributed by atoms with Gasteiger partial charge in [0.05, 0.1) is 7.18 Å². The van der Waals surface area contributed by atoms with E-state index < -0.39 is 6.17 Å². The third-order valence-corrected chi connectivity index (χ3v) is 8.38. The molecule has 4 aliphatic carbocycles. The lowest BCUT2D eigenvalue weighted by Gasteiger charge is -2.55. The molecule has 0 amide bonds. The summed E-state index contributed by atoms with van der Waals surface area (Å²) < 4.78 is 23.3. The average Bonchev–Trinajstić information content (AvgIpc) is 2.93. The van der Waals surface area contributed by atoms with Gasteiger partial charge in [-0.1, -0.05) is 6.92 Å². The van der Waals surface area contributed by atoms with E-state index in [1.165, 1.54) is 32.1 Å². The molecule has 0 saturated heterocycles. The third-order valence-electron chi connectivity index (χ3n) is 8.38. The van der Waals surface area contributed by atoms with E-state index in [9.17, 15) is 13.6 Å². The lowest BCUT2D eigenvalue weighted by atomic mass is 9.49. The van der Waals surface area contributed by atoms with Crippen LogP contribution in [0.15, 0.2) is 0 Å². The lowest BCUT2D eigenvalue weighted by Crippen LogP contribution is -2.49. The summed E-state index contributed by atoms with van der Waals surface area (Å²) in [5, 5.41) is 0. The maximum Gasteiger partial charge on any atom is 0.133 e. The minimum atomic E-state index is -0.528. The lowest BCUT2D eigenvalue weighted by molar-refractivity contribution is -0.128. The van der Waals surface area contributed by atoms with Crippen molar-refractivity contribution in [1.29, 1.82) is 0 Å². The summed E-state index contributed by atoms with van der Waals surface area (Å²) in [6.45, 7) is 4.22. The molecule has 7 unspecified atom stereocenters. The second kappa shape index (κ2) is 7.03. The van der Waals surface area contributed by atoms with Gasteiger partial charge in [0.25, 0.3) is 0 Å². The summed E-state index contributed by atoms with van der Waals surface area (Å²) >= 11 is 0. The van der Waals surface area contributed by atoms with E-state index >= 15 is 0 Å². The molecule has 0 heterocycles. The minimum Gasteiger partial charge on any atom is -0.300 e. The van der Waals surface area contributed by atoms with Crippen molar-refractivity contribution in [2.45, 2.75) is 77.8 Å². The molecule has 0 aromatic heterocycles. The molecule has 8 atom stereocenters. The molecule has 4 fully saturated rings. The van der Waals surface area contributed by atoms with Crippen molar-refractivity contribution in [1.82, 2.24) is 0 Å². The Balaban J connectivity index is 0.000000815. The van der Waals surface area contributed by atoms with Gasteiger partial charge >= 0.3 is 0 Å². The van der Waals surface area contributed by atoms with Crippen LogP contribution in [0.25, 0.3) is 0 Å². The highest BCUT2D eigenvalue weighted by Crippen LogP contribution is 2.64. The maximum atomic E-state index is 13.8. The fourth-order valence-corrected chi connectivity index (χ4v) is 7.46. The molecule has 4 aliphatic rings. The summed E-state index contributed by atoms with van der Waals surface area (Å²) in [4.78, 5) is 12.1. The summed E-state index contributed by atoms with van der Waals surface area (Å²) in [6.07, 6.45) is 9.75. The predicted molar refractivity (Wildman–Crippen MR) is 93.2 cm³/mol. The molecule has 1 nitrogen and oxygen atoms in total. The molecular weight excluding hydrogens is 306 g/mol. The van der Waals surface area contributed by atoms with Crippen LogP contribution in [0.5, 0.6) is 0 Å². The number of carbonyl (C=O) groups excluding carboxylic acids is 1. The SMILES string of the molecule is CC(=O)C1CCC2C3CCC4C[C@@H](F)CCC4C3CCC12C.CF. The average molecular weight is 340 g/mol. The van der Waals surface area contributed by atoms with E-state index in [2.05, 4.69) is 6.92 Å². The summed E-state index contributed by atoms with van der Waals surface area (Å²) in [6, 6.07) is 0. The molecule has 138 valence electrons. The zero-order valence-electron chi connectivity index (χ0n) is 15.6. The highest BCUT2D eigenvalue weighted by molar-refractivity contribution is 5.79. The molecule has 0 aliphatic heterocycles. The first-order chi connectivity index (χ1) is 11.5. The van der Waals surface area contributed by atoms with Crippen LogP contribution >= 0.6 is 0 Å². The van der Waals surface area contributed by atoms with Gasteiger partial charge in [-0.25, -0.2) is 4.39 Å². The van der Waals surface area contributed by atoms with Gasteiger partial charge in [-0.2, -0.15) is 0 Å². The number of carbonyl (C=O) groups is 1. The Morgan fingerprint density at radius 3 is 2.33 bits per heavy atom. The molecule has 0 radical (unpaired) electrons. The molecular formula is C21H34F2O. The Bertz CT molecular complexity index is 465. The van der Waals surface area contributed by atoms with E-state index in [1.807, 2.05) is 6.92 Å². The molecule has 24 heavy (non-hydrogen) atoms. The molecule has 3 heteroatoms. The van der Waals surface area contributed by atoms with Crippen LogP contribution in [0.3, 0.4) is 0 Å². The van der Waals surface area contributed by atoms with Crippen molar-refractivity contribution < 1.29 is 13.6 Å². The maximum absolute atomic E-state index is 13.8. The van der Waals surface area contributed by atoms with Crippen LogP contribution in [0.2, 0.25) is 0 Å². The third kappa shape index (κ3) is 2.84. The van der Waals surface area contributed by atoms with Crippen molar-refractivity contribution in [3.63, 3.8) is 0 Å². The molecule has 4 rings (SSSR count). The molecule has 4 saturated carbocycles. The highest BCUT2D eigenvalue weighted by Gasteiger charge is 2.57. The molecule has 0 N–H and O–H groups in total. The quantitative estimate of drug-likeness (QED) is 0.592. The first-order valence-corrected chi connectivity index (χ1v) is 10.0. The number of halogens is 2. The summed E-state index contributed by atoms with van der Waals surface area (Å²) in [5.74, 6) is 4.65. The van der Waals surface area contributed by atoms with Crippen LogP contribution < -0.4 is 0 Å². The fraction of sp³-hybridized carbons (Fsp3) is 0.952. The summed E-state index contributed by atoms with van der Waals surface area (Å²) in [5.41, 5.74) is 0.275. The molecule has 0 spiro atoms. The fourth-order valence-electron chi connectivity index (χ4n) is 7.46. The summed E-state index contributed by atoms with van der Waals surface area (Å²) in [7, 11) is 0.500. The van der Waals surface area contributed by atoms with Gasteiger partial charge in [-0.15, -0.1) is 0 Å². The monoisotopic (exact) mass is 340 g/mol. The Kier molecular flexibility index (Phi) is 5.37. The van der Waals surface area contributed by atoms with E-state index in [0.717, 1.165) is 49.4 Å². The van der Waals surface area contributed by atoms with Crippen LogP contribution in [0.1, 0.15) is 71.6 Å². The van der Waals surface area contributed by atoms with Gasteiger partial charge in [0.15, 0.2) is 0 Å². The predicted octanol–water partition coefficient (Wildman–Crippen LogP) is 5.77. The second-order valence-electron chi connectivity index (χ2n) is 9.13. The Morgan fingerprint density at radius 2 is 1.62 bits per heavy atom. The first kappa shape index (κ1) is 18.3. The number of rotatable bonds is 1. The Morgan fingerprint density at radius 1 is 0.917 bits per heavy atom. The topological polar surface area (TPSA) is 17.1 Å². The van der Waals surface area contributed by atoms with E-state index in [0.29, 0.717) is 24.8 Å². The normalized spacial score (nSPS) is 50.0. The number of Topliss-reactive ketones (excluding diaryl/α,β-unsaturated/α-hetero) is 1. The van der Waals surface area contributed by atoms with Crippen molar-refractivity contribution in [3.05, 3.63) is 0 Å². The van der Waals surface area contributed by atoms with E-state index in [1.54, 1.807) is 0 Å².